The van der Waals surface area contributed by atoms with Gasteiger partial charge in [-0.1, -0.05) is 19.3 Å². The summed E-state index contributed by atoms with van der Waals surface area (Å²) in [5, 5.41) is 18.5. The summed E-state index contributed by atoms with van der Waals surface area (Å²) in [6.45, 7) is 0.494. The minimum absolute atomic E-state index is 0.0493. The van der Waals surface area contributed by atoms with E-state index in [2.05, 4.69) is 5.32 Å². The average Bonchev–Trinajstić information content (AvgIpc) is 2.51. The first-order valence-electron chi connectivity index (χ1n) is 7.36. The van der Waals surface area contributed by atoms with Crippen LogP contribution in [0.4, 0.5) is 0 Å². The van der Waals surface area contributed by atoms with E-state index in [-0.39, 0.29) is 24.1 Å². The van der Waals surface area contributed by atoms with Crippen LogP contribution in [-0.2, 0) is 19.1 Å². The van der Waals surface area contributed by atoms with Gasteiger partial charge in [-0.15, -0.1) is 0 Å². The molecule has 0 aliphatic heterocycles. The second kappa shape index (κ2) is 8.93. The lowest BCUT2D eigenvalue weighted by molar-refractivity contribution is -0.148. The lowest BCUT2D eigenvalue weighted by atomic mass is 9.89. The highest BCUT2D eigenvalue weighted by atomic mass is 16.5. The summed E-state index contributed by atoms with van der Waals surface area (Å²) < 4.78 is 4.72. The van der Waals surface area contributed by atoms with Crippen LogP contribution in [0.3, 0.4) is 0 Å². The number of esters is 1. The fraction of sp³-hybridized carbons (Fsp3) is 0.667. The van der Waals surface area contributed by atoms with E-state index < -0.39 is 24.3 Å². The molecule has 1 fully saturated rings. The smallest absolute Gasteiger partial charge is 0.325 e. The number of rotatable bonds is 7. The van der Waals surface area contributed by atoms with Gasteiger partial charge in [-0.25, -0.2) is 0 Å². The Bertz CT molecular complexity index is 490. The molecule has 0 spiro atoms. The number of nitrogens with one attached hydrogen (secondary N) is 2. The molecule has 1 aliphatic rings. The van der Waals surface area contributed by atoms with Crippen molar-refractivity contribution >= 4 is 23.4 Å². The van der Waals surface area contributed by atoms with Crippen LogP contribution in [0.1, 0.15) is 39.0 Å². The van der Waals surface area contributed by atoms with Crippen molar-refractivity contribution in [2.45, 2.75) is 39.0 Å². The summed E-state index contributed by atoms with van der Waals surface area (Å²) >= 11 is 0. The van der Waals surface area contributed by atoms with Crippen molar-refractivity contribution in [2.24, 2.45) is 11.8 Å². The van der Waals surface area contributed by atoms with Crippen LogP contribution in [0, 0.1) is 28.6 Å². The third-order valence-corrected chi connectivity index (χ3v) is 3.64. The Hall–Kier alpha value is -2.23. The molecule has 0 aromatic heterocycles. The molecule has 1 aliphatic carbocycles. The van der Waals surface area contributed by atoms with Crippen molar-refractivity contribution in [2.75, 3.05) is 13.2 Å². The quantitative estimate of drug-likeness (QED) is 0.536. The first kappa shape index (κ1) is 17.8. The van der Waals surface area contributed by atoms with E-state index in [1.165, 1.54) is 6.92 Å². The fourth-order valence-corrected chi connectivity index (χ4v) is 2.36. The van der Waals surface area contributed by atoms with E-state index in [0.717, 1.165) is 32.1 Å². The van der Waals surface area contributed by atoms with E-state index in [1.807, 2.05) is 0 Å². The third-order valence-electron chi connectivity index (χ3n) is 3.64. The van der Waals surface area contributed by atoms with Gasteiger partial charge in [0.25, 0.3) is 0 Å². The summed E-state index contributed by atoms with van der Waals surface area (Å²) in [5.41, 5.74) is -0.0887. The van der Waals surface area contributed by atoms with E-state index in [1.54, 1.807) is 6.07 Å². The maximum Gasteiger partial charge on any atom is 0.325 e. The van der Waals surface area contributed by atoms with E-state index in [0.29, 0.717) is 0 Å². The lowest BCUT2D eigenvalue weighted by Crippen LogP contribution is -2.37. The number of ketones is 1. The lowest BCUT2D eigenvalue weighted by Gasteiger charge is -2.20. The zero-order chi connectivity index (χ0) is 16.5. The summed E-state index contributed by atoms with van der Waals surface area (Å²) in [7, 11) is 0. The van der Waals surface area contributed by atoms with Crippen molar-refractivity contribution < 1.29 is 19.1 Å². The molecule has 1 atom stereocenters. The fourth-order valence-electron chi connectivity index (χ4n) is 2.36. The molecule has 0 saturated heterocycles. The van der Waals surface area contributed by atoms with Gasteiger partial charge < -0.3 is 15.5 Å². The second-order valence-corrected chi connectivity index (χ2v) is 5.42. The topological polar surface area (TPSA) is 120 Å². The molecule has 1 saturated carbocycles. The van der Waals surface area contributed by atoms with Gasteiger partial charge in [0.15, 0.2) is 12.4 Å². The second-order valence-electron chi connectivity index (χ2n) is 5.42. The van der Waals surface area contributed by atoms with Crippen molar-refractivity contribution in [3.8, 4) is 6.07 Å². The van der Waals surface area contributed by atoms with Gasteiger partial charge in [-0.05, 0) is 19.8 Å². The van der Waals surface area contributed by atoms with Crippen LogP contribution in [0.5, 0.6) is 0 Å². The van der Waals surface area contributed by atoms with Gasteiger partial charge in [-0.2, -0.15) is 5.26 Å². The minimum atomic E-state index is -1.19. The molecule has 0 radical (unpaired) electrons. The Labute approximate surface area is 129 Å². The van der Waals surface area contributed by atoms with Crippen molar-refractivity contribution in [3.63, 3.8) is 0 Å². The van der Waals surface area contributed by atoms with Crippen LogP contribution < -0.4 is 5.32 Å². The Morgan fingerprint density at radius 1 is 1.32 bits per heavy atom. The number of carbonyl (C=O) groups is 3. The number of hydrogen-bond donors (Lipinski definition) is 2. The van der Waals surface area contributed by atoms with Crippen molar-refractivity contribution in [1.29, 1.82) is 10.7 Å². The Kier molecular flexibility index (Phi) is 7.23. The largest absolute Gasteiger partial charge is 0.456 e. The van der Waals surface area contributed by atoms with Crippen molar-refractivity contribution in [1.82, 2.24) is 5.32 Å². The zero-order valence-corrected chi connectivity index (χ0v) is 12.7. The highest BCUT2D eigenvalue weighted by Gasteiger charge is 2.23. The first-order chi connectivity index (χ1) is 10.5. The molecule has 7 heteroatoms. The molecule has 0 heterocycles. The van der Waals surface area contributed by atoms with Gasteiger partial charge >= 0.3 is 5.97 Å². The first-order valence-corrected chi connectivity index (χ1v) is 7.36. The highest BCUT2D eigenvalue weighted by Crippen LogP contribution is 2.23. The van der Waals surface area contributed by atoms with Crippen LogP contribution >= 0.6 is 0 Å². The normalized spacial score (nSPS) is 16.2. The molecule has 1 unspecified atom stereocenters. The zero-order valence-electron chi connectivity index (χ0n) is 12.7. The molecule has 0 bridgehead atoms. The Morgan fingerprint density at radius 2 is 1.95 bits per heavy atom. The summed E-state index contributed by atoms with van der Waals surface area (Å²) in [6, 6.07) is 1.68. The monoisotopic (exact) mass is 307 g/mol. The Morgan fingerprint density at radius 3 is 2.50 bits per heavy atom. The molecule has 2 N–H and O–H groups in total. The van der Waals surface area contributed by atoms with E-state index in [9.17, 15) is 14.4 Å². The number of nitrogens with zero attached hydrogens (tertiary/aromatic N) is 1. The number of carbonyl (C=O) groups excluding carboxylic acids is 3. The number of amides is 1. The predicted molar refractivity (Wildman–Crippen MR) is 78.1 cm³/mol. The van der Waals surface area contributed by atoms with Gasteiger partial charge in [-0.3, -0.25) is 14.4 Å². The molecule has 0 aromatic carbocycles. The minimum Gasteiger partial charge on any atom is -0.456 e. The number of ether oxygens (including phenoxy) is 1. The van der Waals surface area contributed by atoms with Crippen LogP contribution in [0.2, 0.25) is 0 Å². The van der Waals surface area contributed by atoms with E-state index >= 15 is 0 Å². The maximum atomic E-state index is 11.8. The van der Waals surface area contributed by atoms with E-state index in [4.69, 9.17) is 15.4 Å². The molecule has 120 valence electrons. The molecule has 1 rings (SSSR count). The molecule has 7 nitrogen and oxygen atoms in total. The number of nitriles is 1. The predicted octanol–water partition coefficient (Wildman–Crippen LogP) is 0.975. The Balaban J connectivity index is 2.28. The third kappa shape index (κ3) is 5.64. The molecule has 22 heavy (non-hydrogen) atoms. The van der Waals surface area contributed by atoms with Gasteiger partial charge in [0, 0.05) is 11.6 Å². The number of hydrogen-bond acceptors (Lipinski definition) is 6. The van der Waals surface area contributed by atoms with Crippen LogP contribution in [0.15, 0.2) is 0 Å². The molecule has 0 aromatic rings. The summed E-state index contributed by atoms with van der Waals surface area (Å²) in [5.74, 6) is -2.76. The van der Waals surface area contributed by atoms with Crippen molar-refractivity contribution in [3.05, 3.63) is 0 Å². The van der Waals surface area contributed by atoms with Crippen LogP contribution in [0.25, 0.3) is 0 Å². The van der Waals surface area contributed by atoms with Crippen LogP contribution in [-0.4, -0.2) is 36.5 Å². The summed E-state index contributed by atoms with van der Waals surface area (Å²) in [4.78, 5) is 34.9. The number of Topliss-reactive ketones (excluding diaryl/α,β-unsaturated/α-hetero) is 1. The van der Waals surface area contributed by atoms with Gasteiger partial charge in [0.2, 0.25) is 5.91 Å². The SMILES string of the molecule is CC(=N)C(C#N)C(=O)COC(=O)CNC(=O)C1CCCCC1. The average molecular weight is 307 g/mol. The van der Waals surface area contributed by atoms with Gasteiger partial charge in [0.1, 0.15) is 12.5 Å². The highest BCUT2D eigenvalue weighted by molar-refractivity contribution is 6.06. The maximum absolute atomic E-state index is 11.8. The standard InChI is InChI=1S/C15H21N3O4/c1-10(17)12(7-16)13(19)9-22-14(20)8-18-15(21)11-5-3-2-4-6-11/h11-12,17H,2-6,8-9H2,1H3,(H,18,21). The van der Waals surface area contributed by atoms with Gasteiger partial charge in [0.05, 0.1) is 6.07 Å². The summed E-state index contributed by atoms with van der Waals surface area (Å²) in [6.07, 6.45) is 4.86. The molecular formula is C15H21N3O4. The molecule has 1 amide bonds. The molecular weight excluding hydrogens is 286 g/mol.